The number of likely N-dealkylation sites (tertiary alicyclic amines) is 1. The van der Waals surface area contributed by atoms with Crippen LogP contribution in [0.4, 0.5) is 5.69 Å². The van der Waals surface area contributed by atoms with Crippen molar-refractivity contribution in [3.05, 3.63) is 59.2 Å². The lowest BCUT2D eigenvalue weighted by Crippen LogP contribution is -2.50. The molecule has 1 aliphatic rings. The smallest absolute Gasteiger partial charge is 0.244 e. The minimum atomic E-state index is -0.525. The van der Waals surface area contributed by atoms with Crippen molar-refractivity contribution in [2.45, 2.75) is 45.7 Å². The quantitative estimate of drug-likeness (QED) is 0.696. The average Bonchev–Trinajstić information content (AvgIpc) is 3.37. The standard InChI is InChI=1S/C22H26N6O/c1-15-6-4-7-18(16(15)2)14-28-13-5-12-22(28,3)21(29)23-19-10-8-17(9-11-19)20-24-26-27-25-20/h4,6-11H,5,12-14H2,1-3H3,(H,23,29)(H,24,25,26,27). The molecular weight excluding hydrogens is 364 g/mol. The number of nitrogens with one attached hydrogen (secondary N) is 2. The molecule has 1 fully saturated rings. The number of rotatable bonds is 5. The van der Waals surface area contributed by atoms with Crippen LogP contribution in [0.2, 0.25) is 0 Å². The molecule has 7 nitrogen and oxygen atoms in total. The molecule has 1 unspecified atom stereocenters. The van der Waals surface area contributed by atoms with Gasteiger partial charge in [0.2, 0.25) is 11.7 Å². The number of aromatic amines is 1. The fourth-order valence-electron chi connectivity index (χ4n) is 3.97. The molecule has 2 aromatic carbocycles. The van der Waals surface area contributed by atoms with E-state index in [1.54, 1.807) is 0 Å². The van der Waals surface area contributed by atoms with Gasteiger partial charge in [-0.05, 0) is 86.3 Å². The van der Waals surface area contributed by atoms with E-state index in [-0.39, 0.29) is 5.91 Å². The third-order valence-corrected chi connectivity index (χ3v) is 6.10. The number of amides is 1. The molecular formula is C22H26N6O. The maximum atomic E-state index is 13.2. The minimum Gasteiger partial charge on any atom is -0.324 e. The van der Waals surface area contributed by atoms with Crippen LogP contribution in [0.5, 0.6) is 0 Å². The first kappa shape index (κ1) is 19.3. The van der Waals surface area contributed by atoms with E-state index < -0.39 is 5.54 Å². The summed E-state index contributed by atoms with van der Waals surface area (Å²) in [5.74, 6) is 0.568. The van der Waals surface area contributed by atoms with Gasteiger partial charge >= 0.3 is 0 Å². The second-order valence-corrected chi connectivity index (χ2v) is 7.92. The lowest BCUT2D eigenvalue weighted by molar-refractivity contribution is -0.125. The number of hydrogen-bond acceptors (Lipinski definition) is 5. The number of H-pyrrole nitrogens is 1. The first-order valence-electron chi connectivity index (χ1n) is 9.93. The van der Waals surface area contributed by atoms with Crippen molar-refractivity contribution in [1.29, 1.82) is 0 Å². The molecule has 0 radical (unpaired) electrons. The number of benzene rings is 2. The van der Waals surface area contributed by atoms with Gasteiger partial charge in [-0.25, -0.2) is 0 Å². The largest absolute Gasteiger partial charge is 0.324 e. The van der Waals surface area contributed by atoms with E-state index in [1.165, 1.54) is 16.7 Å². The molecule has 0 aliphatic carbocycles. The summed E-state index contributed by atoms with van der Waals surface area (Å²) < 4.78 is 0. The Labute approximate surface area is 170 Å². The second kappa shape index (κ2) is 7.75. The van der Waals surface area contributed by atoms with Gasteiger partial charge in [0.1, 0.15) is 0 Å². The average molecular weight is 390 g/mol. The maximum absolute atomic E-state index is 13.2. The van der Waals surface area contributed by atoms with Gasteiger partial charge in [0.15, 0.2) is 0 Å². The molecule has 2 N–H and O–H groups in total. The molecule has 7 heteroatoms. The van der Waals surface area contributed by atoms with E-state index >= 15 is 0 Å². The van der Waals surface area contributed by atoms with Gasteiger partial charge in [0.05, 0.1) is 5.54 Å². The summed E-state index contributed by atoms with van der Waals surface area (Å²) in [5, 5.41) is 17.1. The molecule has 3 aromatic rings. The SMILES string of the molecule is Cc1cccc(CN2CCCC2(C)C(=O)Nc2ccc(-c3nn[nH]n3)cc2)c1C. The fourth-order valence-corrected chi connectivity index (χ4v) is 3.97. The number of anilines is 1. The monoisotopic (exact) mass is 390 g/mol. The molecule has 2 heterocycles. The predicted octanol–water partition coefficient (Wildman–Crippen LogP) is 3.48. The molecule has 1 amide bonds. The second-order valence-electron chi connectivity index (χ2n) is 7.92. The molecule has 0 spiro atoms. The number of carbonyl (C=O) groups excluding carboxylic acids is 1. The Balaban J connectivity index is 1.48. The van der Waals surface area contributed by atoms with Crippen LogP contribution in [0, 0.1) is 13.8 Å². The van der Waals surface area contributed by atoms with Gasteiger partial charge in [-0.3, -0.25) is 9.69 Å². The Morgan fingerprint density at radius 3 is 2.72 bits per heavy atom. The molecule has 4 rings (SSSR count). The van der Waals surface area contributed by atoms with E-state index in [4.69, 9.17) is 0 Å². The van der Waals surface area contributed by atoms with Crippen molar-refractivity contribution < 1.29 is 4.79 Å². The number of carbonyl (C=O) groups is 1. The first-order valence-corrected chi connectivity index (χ1v) is 9.93. The zero-order valence-corrected chi connectivity index (χ0v) is 17.1. The highest BCUT2D eigenvalue weighted by Crippen LogP contribution is 2.33. The molecule has 0 bridgehead atoms. The van der Waals surface area contributed by atoms with Gasteiger partial charge in [-0.2, -0.15) is 5.21 Å². The topological polar surface area (TPSA) is 86.8 Å². The van der Waals surface area contributed by atoms with E-state index in [1.807, 2.05) is 31.2 Å². The Hall–Kier alpha value is -3.06. The van der Waals surface area contributed by atoms with Crippen molar-refractivity contribution >= 4 is 11.6 Å². The summed E-state index contributed by atoms with van der Waals surface area (Å²) in [6.07, 6.45) is 1.87. The summed E-state index contributed by atoms with van der Waals surface area (Å²) in [6.45, 7) is 8.05. The summed E-state index contributed by atoms with van der Waals surface area (Å²) in [7, 11) is 0. The van der Waals surface area contributed by atoms with Crippen molar-refractivity contribution in [2.75, 3.05) is 11.9 Å². The van der Waals surface area contributed by atoms with Crippen LogP contribution >= 0.6 is 0 Å². The molecule has 1 saturated heterocycles. The van der Waals surface area contributed by atoms with Gasteiger partial charge in [-0.1, -0.05) is 18.2 Å². The number of nitrogens with zero attached hydrogens (tertiary/aromatic N) is 4. The zero-order chi connectivity index (χ0) is 20.4. The van der Waals surface area contributed by atoms with Crippen molar-refractivity contribution in [3.8, 4) is 11.4 Å². The summed E-state index contributed by atoms with van der Waals surface area (Å²) >= 11 is 0. The van der Waals surface area contributed by atoms with Gasteiger partial charge < -0.3 is 5.32 Å². The highest BCUT2D eigenvalue weighted by molar-refractivity contribution is 5.98. The number of aromatic nitrogens is 4. The van der Waals surface area contributed by atoms with E-state index in [9.17, 15) is 4.79 Å². The van der Waals surface area contributed by atoms with E-state index in [2.05, 4.69) is 62.9 Å². The number of tetrazole rings is 1. The fraction of sp³-hybridized carbons (Fsp3) is 0.364. The first-order chi connectivity index (χ1) is 14.0. The van der Waals surface area contributed by atoms with Gasteiger partial charge in [0.25, 0.3) is 0 Å². The number of aryl methyl sites for hydroxylation is 1. The van der Waals surface area contributed by atoms with Gasteiger partial charge in [0, 0.05) is 17.8 Å². The Morgan fingerprint density at radius 2 is 2.00 bits per heavy atom. The summed E-state index contributed by atoms with van der Waals surface area (Å²) in [4.78, 5) is 15.5. The summed E-state index contributed by atoms with van der Waals surface area (Å²) in [5.41, 5.74) is 4.97. The molecule has 1 atom stereocenters. The Kier molecular flexibility index (Phi) is 5.15. The van der Waals surface area contributed by atoms with Gasteiger partial charge in [-0.15, -0.1) is 10.2 Å². The van der Waals surface area contributed by atoms with Crippen LogP contribution in [0.15, 0.2) is 42.5 Å². The highest BCUT2D eigenvalue weighted by atomic mass is 16.2. The van der Waals surface area contributed by atoms with Crippen LogP contribution in [-0.4, -0.2) is 43.5 Å². The van der Waals surface area contributed by atoms with Crippen LogP contribution in [-0.2, 0) is 11.3 Å². The Morgan fingerprint density at radius 1 is 1.21 bits per heavy atom. The molecule has 1 aromatic heterocycles. The third-order valence-electron chi connectivity index (χ3n) is 6.10. The van der Waals surface area contributed by atoms with Crippen LogP contribution in [0.1, 0.15) is 36.5 Å². The lowest BCUT2D eigenvalue weighted by Gasteiger charge is -2.34. The normalized spacial score (nSPS) is 19.4. The lowest BCUT2D eigenvalue weighted by atomic mass is 9.95. The maximum Gasteiger partial charge on any atom is 0.244 e. The number of hydrogen-bond donors (Lipinski definition) is 2. The van der Waals surface area contributed by atoms with Crippen molar-refractivity contribution in [1.82, 2.24) is 25.5 Å². The van der Waals surface area contributed by atoms with Crippen LogP contribution in [0.25, 0.3) is 11.4 Å². The van der Waals surface area contributed by atoms with Crippen LogP contribution < -0.4 is 5.32 Å². The minimum absolute atomic E-state index is 0.0348. The third kappa shape index (κ3) is 3.78. The molecule has 0 saturated carbocycles. The molecule has 1 aliphatic heterocycles. The Bertz CT molecular complexity index is 999. The molecule has 29 heavy (non-hydrogen) atoms. The predicted molar refractivity (Wildman–Crippen MR) is 112 cm³/mol. The van der Waals surface area contributed by atoms with E-state index in [0.717, 1.165) is 37.2 Å². The zero-order valence-electron chi connectivity index (χ0n) is 17.1. The van der Waals surface area contributed by atoms with Crippen molar-refractivity contribution in [2.24, 2.45) is 0 Å². The van der Waals surface area contributed by atoms with E-state index in [0.29, 0.717) is 5.82 Å². The highest BCUT2D eigenvalue weighted by Gasteiger charge is 2.43. The van der Waals surface area contributed by atoms with Crippen LogP contribution in [0.3, 0.4) is 0 Å². The molecule has 150 valence electrons. The van der Waals surface area contributed by atoms with Crippen molar-refractivity contribution in [3.63, 3.8) is 0 Å². The summed E-state index contributed by atoms with van der Waals surface area (Å²) in [6, 6.07) is 13.9.